The minimum atomic E-state index is -0.195. The van der Waals surface area contributed by atoms with Crippen LogP contribution >= 0.6 is 0 Å². The summed E-state index contributed by atoms with van der Waals surface area (Å²) in [5.74, 6) is 2.20. The van der Waals surface area contributed by atoms with Gasteiger partial charge in [0.1, 0.15) is 5.82 Å². The van der Waals surface area contributed by atoms with Crippen molar-refractivity contribution in [2.45, 2.75) is 47.1 Å². The molecule has 0 atom stereocenters. The number of hydrogen-bond acceptors (Lipinski definition) is 4. The Bertz CT molecular complexity index is 710. The second-order valence-electron chi connectivity index (χ2n) is 6.60. The monoisotopic (exact) mass is 359 g/mol. The molecule has 0 aliphatic carbocycles. The lowest BCUT2D eigenvalue weighted by molar-refractivity contribution is 0.102. The van der Waals surface area contributed by atoms with Gasteiger partial charge in [-0.15, -0.1) is 0 Å². The number of hydrogen-bond donors (Lipinski definition) is 1. The first-order valence-corrected chi connectivity index (χ1v) is 9.27. The molecule has 0 spiro atoms. The smallest absolute Gasteiger partial charge is 0.256 e. The molecule has 0 saturated heterocycles. The van der Waals surface area contributed by atoms with Crippen molar-refractivity contribution in [3.05, 3.63) is 36.0 Å². The maximum Gasteiger partial charge on any atom is 0.256 e. The van der Waals surface area contributed by atoms with Crippen LogP contribution < -0.4 is 14.8 Å². The molecule has 0 aliphatic rings. The standard InChI is InChI=1S/C20H29N3O3/c1-5-11-25-17-8-7-16(13-18(17)26-12-6-2)20(24)22-19-9-10-21-23(19)14-15(3)4/h7-10,13,15H,5-6,11-12,14H2,1-4H3,(H,22,24). The van der Waals surface area contributed by atoms with Crippen molar-refractivity contribution >= 4 is 11.7 Å². The average Bonchev–Trinajstić information content (AvgIpc) is 3.04. The molecular formula is C20H29N3O3. The highest BCUT2D eigenvalue weighted by Crippen LogP contribution is 2.29. The molecule has 2 rings (SSSR count). The van der Waals surface area contributed by atoms with E-state index in [2.05, 4.69) is 31.2 Å². The van der Waals surface area contributed by atoms with Crippen molar-refractivity contribution in [1.29, 1.82) is 0 Å². The quantitative estimate of drug-likeness (QED) is 0.684. The Hall–Kier alpha value is -2.50. The molecule has 1 amide bonds. The van der Waals surface area contributed by atoms with Crippen molar-refractivity contribution in [3.63, 3.8) is 0 Å². The van der Waals surface area contributed by atoms with Crippen molar-refractivity contribution in [3.8, 4) is 11.5 Å². The van der Waals surface area contributed by atoms with Crippen LogP contribution in [0.3, 0.4) is 0 Å². The first-order chi connectivity index (χ1) is 12.5. The summed E-state index contributed by atoms with van der Waals surface area (Å²) in [6.45, 7) is 10.3. The third kappa shape index (κ3) is 5.51. The van der Waals surface area contributed by atoms with E-state index in [0.29, 0.717) is 42.0 Å². The van der Waals surface area contributed by atoms with Gasteiger partial charge in [-0.1, -0.05) is 27.7 Å². The van der Waals surface area contributed by atoms with Crippen LogP contribution in [0.2, 0.25) is 0 Å². The number of benzene rings is 1. The molecule has 0 fully saturated rings. The van der Waals surface area contributed by atoms with Crippen LogP contribution in [0.5, 0.6) is 11.5 Å². The molecule has 0 bridgehead atoms. The van der Waals surface area contributed by atoms with E-state index in [9.17, 15) is 4.79 Å². The molecule has 0 radical (unpaired) electrons. The molecule has 26 heavy (non-hydrogen) atoms. The van der Waals surface area contributed by atoms with Crippen LogP contribution in [0.15, 0.2) is 30.5 Å². The van der Waals surface area contributed by atoms with Gasteiger partial charge in [-0.05, 0) is 37.0 Å². The fourth-order valence-electron chi connectivity index (χ4n) is 2.42. The van der Waals surface area contributed by atoms with Crippen LogP contribution in [-0.2, 0) is 6.54 Å². The zero-order valence-corrected chi connectivity index (χ0v) is 16.1. The van der Waals surface area contributed by atoms with Gasteiger partial charge >= 0.3 is 0 Å². The number of amides is 1. The normalized spacial score (nSPS) is 10.8. The first-order valence-electron chi connectivity index (χ1n) is 9.27. The molecule has 1 heterocycles. The van der Waals surface area contributed by atoms with Gasteiger partial charge < -0.3 is 14.8 Å². The number of carbonyl (C=O) groups excluding carboxylic acids is 1. The minimum absolute atomic E-state index is 0.195. The molecule has 2 aromatic rings. The molecule has 0 aliphatic heterocycles. The largest absolute Gasteiger partial charge is 0.490 e. The molecule has 0 saturated carbocycles. The lowest BCUT2D eigenvalue weighted by atomic mass is 10.2. The Morgan fingerprint density at radius 2 is 1.81 bits per heavy atom. The summed E-state index contributed by atoms with van der Waals surface area (Å²) in [6, 6.07) is 7.08. The molecule has 142 valence electrons. The Morgan fingerprint density at radius 3 is 2.46 bits per heavy atom. The van der Waals surface area contributed by atoms with Crippen LogP contribution in [-0.4, -0.2) is 28.9 Å². The lowest BCUT2D eigenvalue weighted by Gasteiger charge is -2.14. The van der Waals surface area contributed by atoms with E-state index in [1.54, 1.807) is 35.1 Å². The molecule has 1 aromatic heterocycles. The van der Waals surface area contributed by atoms with Gasteiger partial charge in [-0.3, -0.25) is 4.79 Å². The summed E-state index contributed by atoms with van der Waals surface area (Å²) in [5, 5.41) is 7.19. The van der Waals surface area contributed by atoms with E-state index >= 15 is 0 Å². The summed E-state index contributed by atoms with van der Waals surface area (Å²) in [4.78, 5) is 12.7. The number of carbonyl (C=O) groups is 1. The van der Waals surface area contributed by atoms with Gasteiger partial charge in [0.2, 0.25) is 0 Å². The number of aromatic nitrogens is 2. The third-order valence-corrected chi connectivity index (χ3v) is 3.63. The van der Waals surface area contributed by atoms with Gasteiger partial charge in [-0.2, -0.15) is 5.10 Å². The summed E-state index contributed by atoms with van der Waals surface area (Å²) in [7, 11) is 0. The maximum atomic E-state index is 12.7. The molecular weight excluding hydrogens is 330 g/mol. The number of nitrogens with one attached hydrogen (secondary N) is 1. The van der Waals surface area contributed by atoms with Crippen molar-refractivity contribution < 1.29 is 14.3 Å². The Morgan fingerprint density at radius 1 is 1.12 bits per heavy atom. The lowest BCUT2D eigenvalue weighted by Crippen LogP contribution is -2.17. The third-order valence-electron chi connectivity index (χ3n) is 3.63. The summed E-state index contributed by atoms with van der Waals surface area (Å²) in [6.07, 6.45) is 3.49. The maximum absolute atomic E-state index is 12.7. The Balaban J connectivity index is 2.16. The zero-order valence-electron chi connectivity index (χ0n) is 16.1. The van der Waals surface area contributed by atoms with Gasteiger partial charge in [0.25, 0.3) is 5.91 Å². The highest BCUT2D eigenvalue weighted by Gasteiger charge is 2.14. The Kier molecular flexibility index (Phi) is 7.51. The average molecular weight is 359 g/mol. The SMILES string of the molecule is CCCOc1ccc(C(=O)Nc2ccnn2CC(C)C)cc1OCCC. The summed E-state index contributed by atoms with van der Waals surface area (Å²) < 4.78 is 13.3. The van der Waals surface area contributed by atoms with Gasteiger partial charge in [0.15, 0.2) is 11.5 Å². The van der Waals surface area contributed by atoms with E-state index in [0.717, 1.165) is 19.4 Å². The van der Waals surface area contributed by atoms with Crippen LogP contribution in [0, 0.1) is 5.92 Å². The van der Waals surface area contributed by atoms with Gasteiger partial charge in [-0.25, -0.2) is 4.68 Å². The highest BCUT2D eigenvalue weighted by molar-refractivity contribution is 6.04. The van der Waals surface area contributed by atoms with Crippen molar-refractivity contribution in [1.82, 2.24) is 9.78 Å². The number of nitrogens with zero attached hydrogens (tertiary/aromatic N) is 2. The van der Waals surface area contributed by atoms with E-state index in [1.807, 2.05) is 6.92 Å². The van der Waals surface area contributed by atoms with Gasteiger partial charge in [0, 0.05) is 18.2 Å². The molecule has 6 heteroatoms. The van der Waals surface area contributed by atoms with E-state index in [-0.39, 0.29) is 5.91 Å². The van der Waals surface area contributed by atoms with E-state index in [1.165, 1.54) is 0 Å². The summed E-state index contributed by atoms with van der Waals surface area (Å²) in [5.41, 5.74) is 0.525. The van der Waals surface area contributed by atoms with Crippen LogP contribution in [0.1, 0.15) is 50.9 Å². The second-order valence-corrected chi connectivity index (χ2v) is 6.60. The van der Waals surface area contributed by atoms with Crippen molar-refractivity contribution in [2.24, 2.45) is 5.92 Å². The van der Waals surface area contributed by atoms with Crippen LogP contribution in [0.25, 0.3) is 0 Å². The fraction of sp³-hybridized carbons (Fsp3) is 0.500. The number of anilines is 1. The zero-order chi connectivity index (χ0) is 18.9. The molecule has 6 nitrogen and oxygen atoms in total. The number of ether oxygens (including phenoxy) is 2. The molecule has 1 aromatic carbocycles. The topological polar surface area (TPSA) is 65.4 Å². The van der Waals surface area contributed by atoms with E-state index in [4.69, 9.17) is 9.47 Å². The fourth-order valence-corrected chi connectivity index (χ4v) is 2.42. The van der Waals surface area contributed by atoms with E-state index < -0.39 is 0 Å². The predicted octanol–water partition coefficient (Wildman–Crippen LogP) is 4.37. The minimum Gasteiger partial charge on any atom is -0.490 e. The van der Waals surface area contributed by atoms with Crippen LogP contribution in [0.4, 0.5) is 5.82 Å². The highest BCUT2D eigenvalue weighted by atomic mass is 16.5. The Labute approximate surface area is 155 Å². The summed E-state index contributed by atoms with van der Waals surface area (Å²) >= 11 is 0. The molecule has 1 N–H and O–H groups in total. The predicted molar refractivity (Wildman–Crippen MR) is 103 cm³/mol. The number of rotatable bonds is 10. The van der Waals surface area contributed by atoms with Crippen molar-refractivity contribution in [2.75, 3.05) is 18.5 Å². The first kappa shape index (κ1) is 19.8. The van der Waals surface area contributed by atoms with Gasteiger partial charge in [0.05, 0.1) is 19.4 Å². The second kappa shape index (κ2) is 9.85. The molecule has 0 unspecified atom stereocenters.